The summed E-state index contributed by atoms with van der Waals surface area (Å²) in [6.07, 6.45) is 0.895. The van der Waals surface area contributed by atoms with Gasteiger partial charge in [0, 0.05) is 37.4 Å². The first kappa shape index (κ1) is 17.5. The third-order valence-corrected chi connectivity index (χ3v) is 5.05. The van der Waals surface area contributed by atoms with Gasteiger partial charge < -0.3 is 9.80 Å². The number of piperazine rings is 1. The van der Waals surface area contributed by atoms with Gasteiger partial charge in [0.2, 0.25) is 0 Å². The van der Waals surface area contributed by atoms with E-state index in [0.717, 1.165) is 41.8 Å². The number of hydrogen-bond acceptors (Lipinski definition) is 3. The van der Waals surface area contributed by atoms with Crippen LogP contribution < -0.4 is 4.90 Å². The number of carbonyl (C=O) groups is 2. The molecular formula is C20H21ClN2O2. The normalized spacial score (nSPS) is 14.5. The van der Waals surface area contributed by atoms with E-state index in [1.165, 1.54) is 0 Å². The predicted octanol–water partition coefficient (Wildman–Crippen LogP) is 3.73. The van der Waals surface area contributed by atoms with E-state index in [1.54, 1.807) is 12.1 Å². The van der Waals surface area contributed by atoms with Crippen molar-refractivity contribution < 1.29 is 9.59 Å². The number of benzene rings is 2. The van der Waals surface area contributed by atoms with Crippen LogP contribution in [0.25, 0.3) is 0 Å². The standard InChI is InChI=1S/C20H21ClN2O2/c1-14-12-19(15(2)11-16(14)13-24)22-7-9-23(10-8-22)20(25)17-5-3-4-6-18(17)21/h3-6,11-13H,7-10H2,1-2H3. The minimum atomic E-state index is -0.0190. The summed E-state index contributed by atoms with van der Waals surface area (Å²) in [6, 6.07) is 11.2. The molecule has 1 aliphatic rings. The van der Waals surface area contributed by atoms with Crippen LogP contribution in [-0.4, -0.2) is 43.3 Å². The maximum Gasteiger partial charge on any atom is 0.255 e. The summed E-state index contributed by atoms with van der Waals surface area (Å²) >= 11 is 6.14. The molecule has 0 radical (unpaired) electrons. The van der Waals surface area contributed by atoms with Gasteiger partial charge in [-0.25, -0.2) is 0 Å². The van der Waals surface area contributed by atoms with Crippen LogP contribution in [-0.2, 0) is 0 Å². The summed E-state index contributed by atoms with van der Waals surface area (Å²) in [5.41, 5.74) is 4.48. The van der Waals surface area contributed by atoms with E-state index in [1.807, 2.05) is 36.9 Å². The lowest BCUT2D eigenvalue weighted by Gasteiger charge is -2.37. The Bertz CT molecular complexity index is 811. The summed E-state index contributed by atoms with van der Waals surface area (Å²) in [5, 5.41) is 0.492. The Hall–Kier alpha value is -2.33. The van der Waals surface area contributed by atoms with Gasteiger partial charge in [0.15, 0.2) is 0 Å². The molecule has 0 aromatic heterocycles. The molecule has 1 fully saturated rings. The number of carbonyl (C=O) groups excluding carboxylic acids is 2. The number of rotatable bonds is 3. The lowest BCUT2D eigenvalue weighted by molar-refractivity contribution is 0.0747. The quantitative estimate of drug-likeness (QED) is 0.787. The number of amides is 1. The average Bonchev–Trinajstić information content (AvgIpc) is 2.63. The smallest absolute Gasteiger partial charge is 0.255 e. The molecule has 2 aromatic carbocycles. The van der Waals surface area contributed by atoms with Crippen molar-refractivity contribution in [1.82, 2.24) is 4.90 Å². The van der Waals surface area contributed by atoms with Crippen LogP contribution >= 0.6 is 11.6 Å². The molecule has 1 heterocycles. The highest BCUT2D eigenvalue weighted by Crippen LogP contribution is 2.26. The molecule has 1 amide bonds. The van der Waals surface area contributed by atoms with Crippen molar-refractivity contribution in [3.05, 3.63) is 63.7 Å². The zero-order valence-electron chi connectivity index (χ0n) is 14.5. The SMILES string of the molecule is Cc1cc(N2CCN(C(=O)c3ccccc3Cl)CC2)c(C)cc1C=O. The Kier molecular flexibility index (Phi) is 5.09. The first-order valence-electron chi connectivity index (χ1n) is 8.36. The van der Waals surface area contributed by atoms with Crippen molar-refractivity contribution in [1.29, 1.82) is 0 Å². The first-order valence-corrected chi connectivity index (χ1v) is 8.74. The van der Waals surface area contributed by atoms with Crippen molar-refractivity contribution in [3.8, 4) is 0 Å². The highest BCUT2D eigenvalue weighted by Gasteiger charge is 2.24. The van der Waals surface area contributed by atoms with Gasteiger partial charge in [-0.15, -0.1) is 0 Å². The van der Waals surface area contributed by atoms with E-state index in [4.69, 9.17) is 11.6 Å². The van der Waals surface area contributed by atoms with Crippen LogP contribution in [0.1, 0.15) is 31.8 Å². The van der Waals surface area contributed by atoms with Crippen LogP contribution in [0, 0.1) is 13.8 Å². The first-order chi connectivity index (χ1) is 12.0. The molecule has 2 aromatic rings. The van der Waals surface area contributed by atoms with E-state index in [0.29, 0.717) is 23.7 Å². The summed E-state index contributed by atoms with van der Waals surface area (Å²) < 4.78 is 0. The molecule has 4 nitrogen and oxygen atoms in total. The molecule has 0 spiro atoms. The lowest BCUT2D eigenvalue weighted by Crippen LogP contribution is -2.49. The molecule has 0 N–H and O–H groups in total. The third-order valence-electron chi connectivity index (χ3n) is 4.72. The Morgan fingerprint density at radius 3 is 2.36 bits per heavy atom. The second-order valence-corrected chi connectivity index (χ2v) is 6.78. The molecule has 0 saturated carbocycles. The summed E-state index contributed by atoms with van der Waals surface area (Å²) in [7, 11) is 0. The summed E-state index contributed by atoms with van der Waals surface area (Å²) in [4.78, 5) is 27.8. The number of halogens is 1. The molecular weight excluding hydrogens is 336 g/mol. The highest BCUT2D eigenvalue weighted by atomic mass is 35.5. The minimum absolute atomic E-state index is 0.0190. The Morgan fingerprint density at radius 2 is 1.72 bits per heavy atom. The van der Waals surface area contributed by atoms with E-state index in [2.05, 4.69) is 11.0 Å². The highest BCUT2D eigenvalue weighted by molar-refractivity contribution is 6.33. The van der Waals surface area contributed by atoms with Gasteiger partial charge in [0.05, 0.1) is 10.6 Å². The Morgan fingerprint density at radius 1 is 1.04 bits per heavy atom. The molecule has 1 saturated heterocycles. The molecule has 25 heavy (non-hydrogen) atoms. The molecule has 130 valence electrons. The van der Waals surface area contributed by atoms with Crippen LogP contribution in [0.2, 0.25) is 5.02 Å². The average molecular weight is 357 g/mol. The van der Waals surface area contributed by atoms with Crippen LogP contribution in [0.15, 0.2) is 36.4 Å². The largest absolute Gasteiger partial charge is 0.368 e. The third kappa shape index (κ3) is 3.54. The van der Waals surface area contributed by atoms with Crippen LogP contribution in [0.4, 0.5) is 5.69 Å². The minimum Gasteiger partial charge on any atom is -0.368 e. The van der Waals surface area contributed by atoms with Crippen molar-refractivity contribution in [3.63, 3.8) is 0 Å². The zero-order valence-corrected chi connectivity index (χ0v) is 15.2. The van der Waals surface area contributed by atoms with E-state index in [-0.39, 0.29) is 5.91 Å². The molecule has 0 atom stereocenters. The van der Waals surface area contributed by atoms with E-state index in [9.17, 15) is 9.59 Å². The fourth-order valence-electron chi connectivity index (χ4n) is 3.25. The van der Waals surface area contributed by atoms with Gasteiger partial charge in [-0.2, -0.15) is 0 Å². The number of nitrogens with zero attached hydrogens (tertiary/aromatic N) is 2. The van der Waals surface area contributed by atoms with Crippen molar-refractivity contribution in [2.45, 2.75) is 13.8 Å². The molecule has 0 aliphatic carbocycles. The van der Waals surface area contributed by atoms with Gasteiger partial charge in [0.1, 0.15) is 6.29 Å². The topological polar surface area (TPSA) is 40.6 Å². The number of hydrogen-bond donors (Lipinski definition) is 0. The van der Waals surface area contributed by atoms with Gasteiger partial charge in [-0.3, -0.25) is 9.59 Å². The zero-order chi connectivity index (χ0) is 18.0. The lowest BCUT2D eigenvalue weighted by atomic mass is 10.0. The summed E-state index contributed by atoms with van der Waals surface area (Å²) in [5.74, 6) is -0.0190. The maximum absolute atomic E-state index is 12.7. The number of aldehydes is 1. The van der Waals surface area contributed by atoms with Crippen LogP contribution in [0.5, 0.6) is 0 Å². The fraction of sp³-hybridized carbons (Fsp3) is 0.300. The van der Waals surface area contributed by atoms with Crippen LogP contribution in [0.3, 0.4) is 0 Å². The second kappa shape index (κ2) is 7.28. The number of anilines is 1. The monoisotopic (exact) mass is 356 g/mol. The Balaban J connectivity index is 1.72. The molecule has 3 rings (SSSR count). The maximum atomic E-state index is 12.7. The molecule has 1 aliphatic heterocycles. The van der Waals surface area contributed by atoms with Gasteiger partial charge >= 0.3 is 0 Å². The van der Waals surface area contributed by atoms with Gasteiger partial charge in [0.25, 0.3) is 5.91 Å². The van der Waals surface area contributed by atoms with Crippen molar-refractivity contribution >= 4 is 29.5 Å². The second-order valence-electron chi connectivity index (χ2n) is 6.37. The predicted molar refractivity (Wildman–Crippen MR) is 101 cm³/mol. The van der Waals surface area contributed by atoms with Gasteiger partial charge in [-0.1, -0.05) is 23.7 Å². The fourth-order valence-corrected chi connectivity index (χ4v) is 3.46. The molecule has 0 bridgehead atoms. The van der Waals surface area contributed by atoms with Gasteiger partial charge in [-0.05, 0) is 49.2 Å². The van der Waals surface area contributed by atoms with E-state index < -0.39 is 0 Å². The number of aryl methyl sites for hydroxylation is 2. The van der Waals surface area contributed by atoms with Crippen molar-refractivity contribution in [2.24, 2.45) is 0 Å². The Labute approximate surface area is 153 Å². The van der Waals surface area contributed by atoms with E-state index >= 15 is 0 Å². The van der Waals surface area contributed by atoms with Crippen molar-refractivity contribution in [2.75, 3.05) is 31.1 Å². The molecule has 0 unspecified atom stereocenters. The molecule has 5 heteroatoms. The summed E-state index contributed by atoms with van der Waals surface area (Å²) in [6.45, 7) is 6.79.